The topological polar surface area (TPSA) is 29.4 Å². The Bertz CT molecular complexity index is 470. The van der Waals surface area contributed by atoms with Crippen LogP contribution in [0.15, 0.2) is 22.6 Å². The molecule has 0 saturated carbocycles. The lowest BCUT2D eigenvalue weighted by Crippen LogP contribution is -2.22. The van der Waals surface area contributed by atoms with E-state index < -0.39 is 15.5 Å². The summed E-state index contributed by atoms with van der Waals surface area (Å²) < 4.78 is 28.6. The summed E-state index contributed by atoms with van der Waals surface area (Å²) in [7, 11) is -2.03. The van der Waals surface area contributed by atoms with Crippen LogP contribution >= 0.6 is 11.6 Å². The first-order valence-electron chi connectivity index (χ1n) is 4.27. The largest absolute Gasteiger partial charge is 0.249 e. The molecule has 1 aliphatic heterocycles. The molecule has 0 unspecified atom stereocenters. The minimum atomic E-state index is -2.03. The second kappa shape index (κ2) is 3.51. The van der Waals surface area contributed by atoms with Crippen LogP contribution < -0.4 is 0 Å². The number of hydrogen-bond donors (Lipinski definition) is 0. The molecule has 0 spiro atoms. The van der Waals surface area contributed by atoms with Gasteiger partial charge in [0.1, 0.15) is 5.82 Å². The minimum absolute atomic E-state index is 0.0218. The molecule has 0 aliphatic carbocycles. The van der Waals surface area contributed by atoms with Gasteiger partial charge in [0.15, 0.2) is 0 Å². The Morgan fingerprint density at radius 1 is 1.43 bits per heavy atom. The van der Waals surface area contributed by atoms with Gasteiger partial charge in [-0.05, 0) is 24.6 Å². The van der Waals surface area contributed by atoms with Gasteiger partial charge in [-0.15, -0.1) is 0 Å². The first-order chi connectivity index (χ1) is 6.59. The highest BCUT2D eigenvalue weighted by Gasteiger charge is 2.19. The Labute approximate surface area is 87.3 Å². The van der Waals surface area contributed by atoms with Crippen molar-refractivity contribution < 1.29 is 8.60 Å². The molecule has 1 aromatic rings. The maximum absolute atomic E-state index is 12.8. The predicted molar refractivity (Wildman–Crippen MR) is 56.0 cm³/mol. The van der Waals surface area contributed by atoms with Gasteiger partial charge in [0, 0.05) is 11.5 Å². The Balaban J connectivity index is 2.39. The van der Waals surface area contributed by atoms with E-state index in [0.717, 1.165) is 6.42 Å². The van der Waals surface area contributed by atoms with E-state index in [-0.39, 0.29) is 5.02 Å². The van der Waals surface area contributed by atoms with Gasteiger partial charge in [-0.25, -0.2) is 8.60 Å². The molecule has 2 nitrogen and oxygen atoms in total. The standard InChI is InChI=1S/C9H9ClFNOS/c10-8-6-7(2-3-9(8)11)12-14(13)4-1-5-14/h2-3,6H,1,4-5H2. The molecule has 1 heterocycles. The van der Waals surface area contributed by atoms with Crippen molar-refractivity contribution in [3.05, 3.63) is 29.0 Å². The lowest BCUT2D eigenvalue weighted by atomic mass is 10.3. The van der Waals surface area contributed by atoms with Crippen molar-refractivity contribution >= 4 is 27.0 Å². The van der Waals surface area contributed by atoms with E-state index in [4.69, 9.17) is 11.6 Å². The number of halogens is 2. The van der Waals surface area contributed by atoms with Gasteiger partial charge < -0.3 is 0 Å². The van der Waals surface area contributed by atoms with Crippen molar-refractivity contribution in [1.29, 1.82) is 0 Å². The van der Waals surface area contributed by atoms with Crippen LogP contribution in [0.25, 0.3) is 0 Å². The molecule has 76 valence electrons. The van der Waals surface area contributed by atoms with Gasteiger partial charge in [0.05, 0.1) is 20.4 Å². The summed E-state index contributed by atoms with van der Waals surface area (Å²) in [5.74, 6) is 0.804. The molecule has 1 saturated heterocycles. The number of benzene rings is 1. The van der Waals surface area contributed by atoms with Gasteiger partial charge in [0.2, 0.25) is 0 Å². The Morgan fingerprint density at radius 3 is 2.64 bits per heavy atom. The number of nitrogens with zero attached hydrogens (tertiary/aromatic N) is 1. The zero-order valence-corrected chi connectivity index (χ0v) is 8.95. The second-order valence-electron chi connectivity index (χ2n) is 3.22. The summed E-state index contributed by atoms with van der Waals surface area (Å²) in [6, 6.07) is 4.14. The van der Waals surface area contributed by atoms with E-state index in [1.807, 2.05) is 0 Å². The molecule has 2 rings (SSSR count). The van der Waals surface area contributed by atoms with Gasteiger partial charge in [0.25, 0.3) is 0 Å². The lowest BCUT2D eigenvalue weighted by molar-refractivity contribution is 0.628. The van der Waals surface area contributed by atoms with Crippen molar-refractivity contribution in [2.24, 2.45) is 4.36 Å². The summed E-state index contributed by atoms with van der Waals surface area (Å²) >= 11 is 5.58. The van der Waals surface area contributed by atoms with E-state index in [9.17, 15) is 8.60 Å². The smallest absolute Gasteiger partial charge is 0.141 e. The zero-order valence-electron chi connectivity index (χ0n) is 7.37. The molecule has 5 heteroatoms. The van der Waals surface area contributed by atoms with Crippen molar-refractivity contribution in [2.45, 2.75) is 6.42 Å². The molecule has 0 N–H and O–H groups in total. The Morgan fingerprint density at radius 2 is 2.14 bits per heavy atom. The van der Waals surface area contributed by atoms with E-state index >= 15 is 0 Å². The fourth-order valence-corrected chi connectivity index (χ4v) is 2.85. The molecule has 1 aromatic carbocycles. The predicted octanol–water partition coefficient (Wildman–Crippen LogP) is 2.98. The summed E-state index contributed by atoms with van der Waals surface area (Å²) in [4.78, 5) is 0. The summed E-state index contributed by atoms with van der Waals surface area (Å²) in [5.41, 5.74) is 0.501. The second-order valence-corrected chi connectivity index (χ2v) is 6.18. The average molecular weight is 234 g/mol. The molecule has 0 radical (unpaired) electrons. The Kier molecular flexibility index (Phi) is 2.49. The maximum Gasteiger partial charge on any atom is 0.141 e. The molecule has 0 bridgehead atoms. The highest BCUT2D eigenvalue weighted by Crippen LogP contribution is 2.25. The van der Waals surface area contributed by atoms with E-state index in [1.165, 1.54) is 18.2 Å². The third-order valence-corrected chi connectivity index (χ3v) is 4.79. The van der Waals surface area contributed by atoms with Crippen LogP contribution in [0.4, 0.5) is 10.1 Å². The van der Waals surface area contributed by atoms with Crippen molar-refractivity contribution in [1.82, 2.24) is 0 Å². The normalized spacial score (nSPS) is 18.7. The van der Waals surface area contributed by atoms with Crippen LogP contribution in [0.1, 0.15) is 6.42 Å². The van der Waals surface area contributed by atoms with Crippen LogP contribution in [-0.2, 0) is 9.73 Å². The third kappa shape index (κ3) is 1.91. The van der Waals surface area contributed by atoms with Gasteiger partial charge in [-0.3, -0.25) is 0 Å². The molecule has 14 heavy (non-hydrogen) atoms. The van der Waals surface area contributed by atoms with Gasteiger partial charge in [-0.2, -0.15) is 4.36 Å². The van der Waals surface area contributed by atoms with Gasteiger partial charge >= 0.3 is 0 Å². The first-order valence-corrected chi connectivity index (χ1v) is 6.50. The number of hydrogen-bond acceptors (Lipinski definition) is 2. The summed E-state index contributed by atoms with van der Waals surface area (Å²) in [6.45, 7) is 0. The van der Waals surface area contributed by atoms with Crippen molar-refractivity contribution in [3.63, 3.8) is 0 Å². The van der Waals surface area contributed by atoms with Crippen LogP contribution in [0.5, 0.6) is 0 Å². The SMILES string of the molecule is O=S1(=Nc2ccc(F)c(Cl)c2)CCC1. The number of rotatable bonds is 1. The van der Waals surface area contributed by atoms with Crippen LogP contribution in [-0.4, -0.2) is 15.7 Å². The molecular formula is C9H9ClFNOS. The lowest BCUT2D eigenvalue weighted by Gasteiger charge is -2.17. The fourth-order valence-electron chi connectivity index (χ4n) is 1.22. The van der Waals surface area contributed by atoms with E-state index in [2.05, 4.69) is 4.36 Å². The third-order valence-electron chi connectivity index (χ3n) is 2.10. The molecule has 1 aliphatic rings. The molecule has 0 aromatic heterocycles. The van der Waals surface area contributed by atoms with E-state index in [0.29, 0.717) is 17.2 Å². The average Bonchev–Trinajstić information content (AvgIpc) is 2.09. The van der Waals surface area contributed by atoms with E-state index in [1.54, 1.807) is 0 Å². The van der Waals surface area contributed by atoms with Crippen molar-refractivity contribution in [3.8, 4) is 0 Å². The van der Waals surface area contributed by atoms with Crippen molar-refractivity contribution in [2.75, 3.05) is 11.5 Å². The van der Waals surface area contributed by atoms with Crippen LogP contribution in [0.3, 0.4) is 0 Å². The van der Waals surface area contributed by atoms with Crippen LogP contribution in [0, 0.1) is 5.82 Å². The first kappa shape index (κ1) is 9.93. The summed E-state index contributed by atoms with van der Waals surface area (Å²) in [6.07, 6.45) is 0.956. The monoisotopic (exact) mass is 233 g/mol. The highest BCUT2D eigenvalue weighted by molar-refractivity contribution is 7.95. The molecule has 0 amide bonds. The maximum atomic E-state index is 12.8. The fraction of sp³-hybridized carbons (Fsp3) is 0.333. The zero-order chi connectivity index (χ0) is 10.2. The minimum Gasteiger partial charge on any atom is -0.249 e. The van der Waals surface area contributed by atoms with Gasteiger partial charge in [-0.1, -0.05) is 11.6 Å². The molecule has 1 fully saturated rings. The molecular weight excluding hydrogens is 225 g/mol. The summed E-state index contributed by atoms with van der Waals surface area (Å²) in [5, 5.41) is 0.0218. The Hall–Kier alpha value is -0.610. The molecule has 0 atom stereocenters. The quantitative estimate of drug-likeness (QED) is 0.733. The highest BCUT2D eigenvalue weighted by atomic mass is 35.5. The van der Waals surface area contributed by atoms with Crippen LogP contribution in [0.2, 0.25) is 5.02 Å².